The summed E-state index contributed by atoms with van der Waals surface area (Å²) in [6, 6.07) is 24.5. The fourth-order valence-electron chi connectivity index (χ4n) is 5.30. The van der Waals surface area contributed by atoms with Crippen LogP contribution in [0.25, 0.3) is 22.8 Å². The molecule has 2 aliphatic rings. The lowest BCUT2D eigenvalue weighted by Crippen LogP contribution is -2.44. The van der Waals surface area contributed by atoms with Gasteiger partial charge in [-0.3, -0.25) is 9.69 Å². The Labute approximate surface area is 210 Å². The van der Waals surface area contributed by atoms with E-state index in [9.17, 15) is 4.79 Å². The molecule has 1 aromatic heterocycles. The molecule has 3 aromatic carbocycles. The number of amides is 1. The first kappa shape index (κ1) is 22.3. The summed E-state index contributed by atoms with van der Waals surface area (Å²) in [5.41, 5.74) is 6.22. The van der Waals surface area contributed by atoms with E-state index in [1.165, 1.54) is 5.56 Å². The van der Waals surface area contributed by atoms with Crippen molar-refractivity contribution in [2.45, 2.75) is 38.3 Å². The van der Waals surface area contributed by atoms with E-state index in [4.69, 9.17) is 4.52 Å². The zero-order valence-electron chi connectivity index (χ0n) is 20.5. The highest BCUT2D eigenvalue weighted by Crippen LogP contribution is 2.46. The van der Waals surface area contributed by atoms with E-state index in [2.05, 4.69) is 53.3 Å². The number of para-hydroxylation sites is 1. The molecule has 0 radical (unpaired) electrons. The number of carbonyl (C=O) groups excluding carboxylic acids is 1. The van der Waals surface area contributed by atoms with Gasteiger partial charge in [-0.25, -0.2) is 0 Å². The zero-order chi connectivity index (χ0) is 24.6. The predicted octanol–water partition coefficient (Wildman–Crippen LogP) is 6.21. The molecule has 6 rings (SSSR count). The highest BCUT2D eigenvalue weighted by Gasteiger charge is 2.43. The van der Waals surface area contributed by atoms with Crippen LogP contribution in [0.3, 0.4) is 0 Å². The Morgan fingerprint density at radius 3 is 2.64 bits per heavy atom. The summed E-state index contributed by atoms with van der Waals surface area (Å²) in [5.74, 6) is 1.03. The average Bonchev–Trinajstić information content (AvgIpc) is 3.52. The van der Waals surface area contributed by atoms with E-state index in [0.717, 1.165) is 47.3 Å². The molecule has 3 heterocycles. The van der Waals surface area contributed by atoms with Crippen LogP contribution in [0.2, 0.25) is 0 Å². The van der Waals surface area contributed by atoms with Crippen molar-refractivity contribution in [3.05, 3.63) is 96.1 Å². The second kappa shape index (κ2) is 9.11. The monoisotopic (exact) mass is 476 g/mol. The van der Waals surface area contributed by atoms with Gasteiger partial charge in [0.1, 0.15) is 0 Å². The molecule has 4 aromatic rings. The van der Waals surface area contributed by atoms with Gasteiger partial charge >= 0.3 is 0 Å². The molecule has 0 saturated heterocycles. The molecule has 0 spiro atoms. The normalized spacial score (nSPS) is 18.4. The minimum absolute atomic E-state index is 0.0149. The number of carbonyl (C=O) groups is 1. The fraction of sp³-hybridized carbons (Fsp3) is 0.233. The molecule has 6 nitrogen and oxygen atoms in total. The van der Waals surface area contributed by atoms with Crippen LogP contribution in [0.15, 0.2) is 89.5 Å². The largest absolute Gasteiger partial charge is 0.365 e. The number of likely N-dealkylation sites (N-methyl/N-ethyl adjacent to an activating group) is 1. The molecule has 36 heavy (non-hydrogen) atoms. The van der Waals surface area contributed by atoms with Crippen LogP contribution in [0.4, 0.5) is 11.4 Å². The Bertz CT molecular complexity index is 1440. The predicted molar refractivity (Wildman–Crippen MR) is 142 cm³/mol. The quantitative estimate of drug-likeness (QED) is 0.331. The van der Waals surface area contributed by atoms with Gasteiger partial charge in [-0.15, -0.1) is 0 Å². The average molecular weight is 477 g/mol. The van der Waals surface area contributed by atoms with Crippen molar-refractivity contribution >= 4 is 17.3 Å². The molecule has 0 aliphatic carbocycles. The third-order valence-electron chi connectivity index (χ3n) is 7.18. The first-order valence-electron chi connectivity index (χ1n) is 12.5. The maximum absolute atomic E-state index is 13.0. The Kier molecular flexibility index (Phi) is 5.64. The molecule has 0 fully saturated rings. The highest BCUT2D eigenvalue weighted by atomic mass is 16.5. The molecule has 6 heteroatoms. The number of benzene rings is 3. The number of anilines is 2. The Morgan fingerprint density at radius 2 is 1.81 bits per heavy atom. The van der Waals surface area contributed by atoms with Gasteiger partial charge in [0.25, 0.3) is 11.8 Å². The topological polar surface area (TPSA) is 62.5 Å². The van der Waals surface area contributed by atoms with E-state index in [0.29, 0.717) is 11.7 Å². The number of aryl methyl sites for hydroxylation is 1. The first-order chi connectivity index (χ1) is 17.6. The second-order valence-electron chi connectivity index (χ2n) is 9.45. The molecule has 0 saturated carbocycles. The summed E-state index contributed by atoms with van der Waals surface area (Å²) >= 11 is 0. The van der Waals surface area contributed by atoms with Crippen molar-refractivity contribution in [3.8, 4) is 22.8 Å². The number of unbranched alkanes of at least 4 members (excludes halogenated alkanes) is 1. The van der Waals surface area contributed by atoms with E-state index in [1.54, 1.807) is 6.08 Å². The van der Waals surface area contributed by atoms with Gasteiger partial charge in [0.2, 0.25) is 5.82 Å². The van der Waals surface area contributed by atoms with Gasteiger partial charge < -0.3 is 9.42 Å². The number of rotatable bonds is 6. The summed E-state index contributed by atoms with van der Waals surface area (Å²) in [6.07, 6.45) is 7.05. The van der Waals surface area contributed by atoms with Gasteiger partial charge in [-0.1, -0.05) is 54.9 Å². The number of aromatic nitrogens is 2. The van der Waals surface area contributed by atoms with E-state index < -0.39 is 0 Å². The SMILES string of the molecule is CCCCc1cccc(-c2nc(-c3ccc(N4C(=O)C=CC5C4c4ccccc4N5C)cc3)no2)c1. The summed E-state index contributed by atoms with van der Waals surface area (Å²) < 4.78 is 5.60. The van der Waals surface area contributed by atoms with Crippen LogP contribution in [0.5, 0.6) is 0 Å². The third-order valence-corrected chi connectivity index (χ3v) is 7.18. The smallest absolute Gasteiger partial charge is 0.258 e. The van der Waals surface area contributed by atoms with Crippen LogP contribution in [0.1, 0.15) is 36.9 Å². The van der Waals surface area contributed by atoms with Crippen molar-refractivity contribution < 1.29 is 9.32 Å². The van der Waals surface area contributed by atoms with Crippen LogP contribution in [-0.4, -0.2) is 29.1 Å². The standard InChI is InChI=1S/C30H28N4O2/c1-3-4-8-20-9-7-10-22(19-20)30-31-29(32-36-30)21-13-15-23(16-14-21)34-27(35)18-17-26-28(34)24-11-5-6-12-25(24)33(26)2/h5-7,9-19,26,28H,3-4,8H2,1-2H3. The number of nitrogens with zero attached hydrogens (tertiary/aromatic N) is 4. The minimum atomic E-state index is -0.0636. The van der Waals surface area contributed by atoms with Gasteiger partial charge in [-0.05, 0) is 60.9 Å². The third kappa shape index (κ3) is 3.79. The van der Waals surface area contributed by atoms with Gasteiger partial charge in [-0.2, -0.15) is 4.98 Å². The molecule has 2 aliphatic heterocycles. The Hall–Kier alpha value is -4.19. The minimum Gasteiger partial charge on any atom is -0.365 e. The van der Waals surface area contributed by atoms with Crippen molar-refractivity contribution in [2.75, 3.05) is 16.8 Å². The summed E-state index contributed by atoms with van der Waals surface area (Å²) in [6.45, 7) is 2.20. The summed E-state index contributed by atoms with van der Waals surface area (Å²) in [4.78, 5) is 21.8. The fourth-order valence-corrected chi connectivity index (χ4v) is 5.30. The lowest BCUT2D eigenvalue weighted by Gasteiger charge is -2.36. The van der Waals surface area contributed by atoms with E-state index in [1.807, 2.05) is 59.5 Å². The molecular formula is C30H28N4O2. The molecule has 2 unspecified atom stereocenters. The van der Waals surface area contributed by atoms with Gasteiger partial charge in [0.15, 0.2) is 0 Å². The maximum atomic E-state index is 13.0. The van der Waals surface area contributed by atoms with Crippen LogP contribution < -0.4 is 9.80 Å². The van der Waals surface area contributed by atoms with Crippen LogP contribution in [0, 0.1) is 0 Å². The van der Waals surface area contributed by atoms with Gasteiger partial charge in [0, 0.05) is 41.2 Å². The number of fused-ring (bicyclic) bond motifs is 3. The molecule has 2 atom stereocenters. The maximum Gasteiger partial charge on any atom is 0.258 e. The molecule has 180 valence electrons. The van der Waals surface area contributed by atoms with Crippen molar-refractivity contribution in [1.82, 2.24) is 10.1 Å². The van der Waals surface area contributed by atoms with Crippen molar-refractivity contribution in [3.63, 3.8) is 0 Å². The summed E-state index contributed by atoms with van der Waals surface area (Å²) in [5, 5.41) is 4.22. The molecule has 0 N–H and O–H groups in total. The van der Waals surface area contributed by atoms with Crippen LogP contribution in [-0.2, 0) is 11.2 Å². The van der Waals surface area contributed by atoms with E-state index in [-0.39, 0.29) is 18.0 Å². The Morgan fingerprint density at radius 1 is 0.972 bits per heavy atom. The number of hydrogen-bond donors (Lipinski definition) is 0. The van der Waals surface area contributed by atoms with Crippen molar-refractivity contribution in [1.29, 1.82) is 0 Å². The lowest BCUT2D eigenvalue weighted by atomic mass is 9.97. The number of hydrogen-bond acceptors (Lipinski definition) is 5. The lowest BCUT2D eigenvalue weighted by molar-refractivity contribution is -0.115. The molecule has 1 amide bonds. The highest BCUT2D eigenvalue weighted by molar-refractivity contribution is 6.04. The molecule has 0 bridgehead atoms. The summed E-state index contributed by atoms with van der Waals surface area (Å²) in [7, 11) is 2.08. The first-order valence-corrected chi connectivity index (χ1v) is 12.5. The van der Waals surface area contributed by atoms with Crippen molar-refractivity contribution in [2.24, 2.45) is 0 Å². The second-order valence-corrected chi connectivity index (χ2v) is 9.45. The Balaban J connectivity index is 1.27. The molecular weight excluding hydrogens is 448 g/mol. The van der Waals surface area contributed by atoms with E-state index >= 15 is 0 Å². The van der Waals surface area contributed by atoms with Gasteiger partial charge in [0.05, 0.1) is 12.1 Å². The zero-order valence-corrected chi connectivity index (χ0v) is 20.5. The van der Waals surface area contributed by atoms with Crippen LogP contribution >= 0.6 is 0 Å².